The fraction of sp³-hybridized carbons (Fsp3) is 0.333. The van der Waals surface area contributed by atoms with Gasteiger partial charge in [0, 0.05) is 23.3 Å². The first-order valence-electron chi connectivity index (χ1n) is 9.57. The molecule has 32 heavy (non-hydrogen) atoms. The number of nitrogens with one attached hydrogen (secondary N) is 1. The number of ether oxygens (including phenoxy) is 2. The van der Waals surface area contributed by atoms with Gasteiger partial charge in [0.05, 0.1) is 39.1 Å². The highest BCUT2D eigenvalue weighted by molar-refractivity contribution is 8.03. The molecule has 3 rings (SSSR count). The molecule has 10 nitrogen and oxygen atoms in total. The Morgan fingerprint density at radius 1 is 1.22 bits per heavy atom. The molecule has 2 aliphatic heterocycles. The number of hydrogen-bond acceptors (Lipinski definition) is 8. The minimum atomic E-state index is -0.782. The average Bonchev–Trinajstić information content (AvgIpc) is 2.80. The zero-order valence-corrected chi connectivity index (χ0v) is 18.9. The van der Waals surface area contributed by atoms with Crippen LogP contribution in [0.3, 0.4) is 0 Å². The first kappa shape index (κ1) is 23.4. The number of rotatable bonds is 7. The van der Waals surface area contributed by atoms with Crippen molar-refractivity contribution < 1.29 is 33.2 Å². The number of amides is 4. The van der Waals surface area contributed by atoms with Gasteiger partial charge in [0.1, 0.15) is 6.21 Å². The van der Waals surface area contributed by atoms with Gasteiger partial charge in [-0.05, 0) is 24.3 Å². The molecule has 0 bridgehead atoms. The summed E-state index contributed by atoms with van der Waals surface area (Å²) in [4.78, 5) is 55.2. The minimum absolute atomic E-state index is 0.0214. The number of esters is 1. The third-order valence-corrected chi connectivity index (χ3v) is 6.15. The van der Waals surface area contributed by atoms with Gasteiger partial charge in [0.25, 0.3) is 5.84 Å². The Bertz CT molecular complexity index is 1060. The summed E-state index contributed by atoms with van der Waals surface area (Å²) >= 11 is 1.20. The number of carbonyl (C=O) groups is 4. The van der Waals surface area contributed by atoms with E-state index in [4.69, 9.17) is 4.74 Å². The van der Waals surface area contributed by atoms with E-state index in [1.807, 2.05) is 0 Å². The standard InChI is InChI=1S/C21H22N4O6S/c1-24-18-16(19(27)25(2)21(24)29)17(13(9-22-18)10-30-3)32-11-15(26)23-14-7-5-12(6-8-14)20(28)31-4/h5-9,16H,10-11H2,1-4H3/p+1. The van der Waals surface area contributed by atoms with Crippen molar-refractivity contribution in [3.8, 4) is 0 Å². The fourth-order valence-corrected chi connectivity index (χ4v) is 4.32. The number of carbonyl (C=O) groups excluding carboxylic acids is 4. The maximum atomic E-state index is 12.9. The van der Waals surface area contributed by atoms with Gasteiger partial charge in [-0.3, -0.25) is 9.59 Å². The van der Waals surface area contributed by atoms with Crippen LogP contribution >= 0.6 is 11.8 Å². The Morgan fingerprint density at radius 2 is 1.91 bits per heavy atom. The van der Waals surface area contributed by atoms with E-state index >= 15 is 0 Å². The maximum absolute atomic E-state index is 12.9. The normalized spacial score (nSPS) is 18.1. The van der Waals surface area contributed by atoms with Gasteiger partial charge < -0.3 is 14.8 Å². The Kier molecular flexibility index (Phi) is 7.21. The summed E-state index contributed by atoms with van der Waals surface area (Å²) in [6.45, 7) is 0.209. The first-order valence-corrected chi connectivity index (χ1v) is 10.6. The summed E-state index contributed by atoms with van der Waals surface area (Å²) in [6, 6.07) is 5.84. The second-order valence-electron chi connectivity index (χ2n) is 7.02. The van der Waals surface area contributed by atoms with Gasteiger partial charge in [-0.15, -0.1) is 16.8 Å². The predicted molar refractivity (Wildman–Crippen MR) is 119 cm³/mol. The number of methoxy groups -OCH3 is 2. The van der Waals surface area contributed by atoms with Gasteiger partial charge in [-0.1, -0.05) is 0 Å². The van der Waals surface area contributed by atoms with Gasteiger partial charge >= 0.3 is 17.9 Å². The van der Waals surface area contributed by atoms with E-state index < -0.39 is 23.8 Å². The van der Waals surface area contributed by atoms with E-state index in [0.29, 0.717) is 27.6 Å². The van der Waals surface area contributed by atoms with E-state index in [9.17, 15) is 19.2 Å². The number of anilines is 1. The number of urea groups is 1. The van der Waals surface area contributed by atoms with Crippen molar-refractivity contribution in [1.29, 1.82) is 0 Å². The molecule has 168 valence electrons. The molecule has 1 N–H and O–H groups in total. The highest BCUT2D eigenvalue weighted by Crippen LogP contribution is 2.34. The van der Waals surface area contributed by atoms with Crippen LogP contribution in [-0.2, 0) is 19.1 Å². The minimum Gasteiger partial charge on any atom is -0.465 e. The molecule has 4 amide bonds. The topological polar surface area (TPSA) is 117 Å². The second kappa shape index (κ2) is 9.88. The van der Waals surface area contributed by atoms with Crippen LogP contribution in [0.1, 0.15) is 10.4 Å². The number of nitrogens with zero attached hydrogens (tertiary/aromatic N) is 3. The molecule has 2 heterocycles. The molecule has 1 aromatic rings. The third-order valence-electron chi connectivity index (χ3n) is 4.93. The number of aliphatic imine (C=N–C) groups is 1. The molecule has 0 aliphatic carbocycles. The molecule has 11 heteroatoms. The van der Waals surface area contributed by atoms with E-state index in [-0.39, 0.29) is 18.3 Å². The van der Waals surface area contributed by atoms with E-state index in [1.165, 1.54) is 37.6 Å². The monoisotopic (exact) mass is 459 g/mol. The molecular formula is C21H23N4O6S+. The Balaban J connectivity index is 1.77. The van der Waals surface area contributed by atoms with E-state index in [1.54, 1.807) is 37.5 Å². The molecule has 0 saturated carbocycles. The molecular weight excluding hydrogens is 436 g/mol. The SMILES string of the molecule is COCC1=C(SCC(=O)Nc2ccc(C(=O)OC)cc2)C2C(=O)N(C)C(=O)[N+](C)=C2N=C1. The Hall–Kier alpha value is -3.31. The zero-order chi connectivity index (χ0) is 23.4. The lowest BCUT2D eigenvalue weighted by Crippen LogP contribution is -2.53. The molecule has 0 fully saturated rings. The number of imide groups is 1. The van der Waals surface area contributed by atoms with Crippen LogP contribution in [0.5, 0.6) is 0 Å². The summed E-state index contributed by atoms with van der Waals surface area (Å²) in [6.07, 6.45) is 1.56. The molecule has 1 unspecified atom stereocenters. The summed E-state index contributed by atoms with van der Waals surface area (Å²) in [5.41, 5.74) is 1.56. The van der Waals surface area contributed by atoms with Crippen molar-refractivity contribution in [2.45, 2.75) is 0 Å². The highest BCUT2D eigenvalue weighted by atomic mass is 32.2. The smallest absolute Gasteiger partial charge is 0.445 e. The van der Waals surface area contributed by atoms with Crippen LogP contribution in [0.4, 0.5) is 10.5 Å². The first-order chi connectivity index (χ1) is 15.3. The lowest BCUT2D eigenvalue weighted by atomic mass is 9.98. The number of fused-ring (bicyclic) bond motifs is 1. The lowest BCUT2D eigenvalue weighted by Gasteiger charge is -2.28. The van der Waals surface area contributed by atoms with Crippen molar-refractivity contribution in [3.63, 3.8) is 0 Å². The van der Waals surface area contributed by atoms with Crippen LogP contribution in [0.25, 0.3) is 0 Å². The largest absolute Gasteiger partial charge is 0.465 e. The van der Waals surface area contributed by atoms with Crippen LogP contribution in [0.2, 0.25) is 0 Å². The molecule has 0 radical (unpaired) electrons. The zero-order valence-electron chi connectivity index (χ0n) is 18.1. The number of hydrogen-bond donors (Lipinski definition) is 1. The van der Waals surface area contributed by atoms with Crippen molar-refractivity contribution in [1.82, 2.24) is 4.90 Å². The van der Waals surface area contributed by atoms with Gasteiger partial charge in [-0.2, -0.15) is 9.48 Å². The molecule has 0 aromatic heterocycles. The van der Waals surface area contributed by atoms with Crippen LogP contribution in [-0.4, -0.2) is 86.0 Å². The number of dihydropyridines is 1. The third kappa shape index (κ3) is 4.63. The summed E-state index contributed by atoms with van der Waals surface area (Å²) in [5.74, 6) is -1.61. The fourth-order valence-electron chi connectivity index (χ4n) is 3.29. The van der Waals surface area contributed by atoms with Gasteiger partial charge in [0.15, 0.2) is 5.92 Å². The van der Waals surface area contributed by atoms with Crippen molar-refractivity contribution in [2.75, 3.05) is 46.0 Å². The lowest BCUT2D eigenvalue weighted by molar-refractivity contribution is -0.407. The Labute approximate surface area is 189 Å². The molecule has 0 saturated heterocycles. The number of amidine groups is 1. The van der Waals surface area contributed by atoms with Crippen molar-refractivity contribution in [2.24, 2.45) is 10.9 Å². The maximum Gasteiger partial charge on any atom is 0.445 e. The van der Waals surface area contributed by atoms with Gasteiger partial charge in [-0.25, -0.2) is 9.59 Å². The summed E-state index contributed by atoms with van der Waals surface area (Å²) in [7, 11) is 5.79. The predicted octanol–water partition coefficient (Wildman–Crippen LogP) is 1.38. The Morgan fingerprint density at radius 3 is 2.53 bits per heavy atom. The van der Waals surface area contributed by atoms with Crippen molar-refractivity contribution in [3.05, 3.63) is 40.3 Å². The van der Waals surface area contributed by atoms with Crippen LogP contribution in [0.15, 0.2) is 39.7 Å². The molecule has 1 atom stereocenters. The van der Waals surface area contributed by atoms with E-state index in [0.717, 1.165) is 4.90 Å². The van der Waals surface area contributed by atoms with Gasteiger partial charge in [0.2, 0.25) is 5.91 Å². The number of thioether (sulfide) groups is 1. The van der Waals surface area contributed by atoms with Crippen LogP contribution < -0.4 is 5.32 Å². The molecule has 0 spiro atoms. The second-order valence-corrected chi connectivity index (χ2v) is 8.03. The molecule has 2 aliphatic rings. The quantitative estimate of drug-likeness (QED) is 0.483. The number of benzene rings is 1. The van der Waals surface area contributed by atoms with Crippen molar-refractivity contribution >= 4 is 53.3 Å². The van der Waals surface area contributed by atoms with Crippen LogP contribution in [0, 0.1) is 5.92 Å². The van der Waals surface area contributed by atoms with E-state index in [2.05, 4.69) is 15.0 Å². The summed E-state index contributed by atoms with van der Waals surface area (Å²) in [5, 5.41) is 2.75. The average molecular weight is 460 g/mol. The molecule has 1 aromatic carbocycles. The summed E-state index contributed by atoms with van der Waals surface area (Å²) < 4.78 is 11.2. The highest BCUT2D eigenvalue weighted by Gasteiger charge is 2.48.